The molecule has 0 aromatic carbocycles. The molecular formula is C11H29N3OSi. The summed E-state index contributed by atoms with van der Waals surface area (Å²) >= 11 is 0. The highest BCUT2D eigenvalue weighted by molar-refractivity contribution is 6.66. The van der Waals surface area contributed by atoms with Crippen LogP contribution in [0.5, 0.6) is 0 Å². The average molecular weight is 247 g/mol. The van der Waals surface area contributed by atoms with Crippen molar-refractivity contribution in [3.8, 4) is 0 Å². The predicted molar refractivity (Wildman–Crippen MR) is 72.3 cm³/mol. The summed E-state index contributed by atoms with van der Waals surface area (Å²) in [7, 11) is -2.10. The monoisotopic (exact) mass is 247 g/mol. The Labute approximate surface area is 102 Å². The van der Waals surface area contributed by atoms with Crippen LogP contribution < -0.4 is 14.9 Å². The molecule has 0 amide bonds. The van der Waals surface area contributed by atoms with Crippen LogP contribution in [0.1, 0.15) is 47.0 Å². The Morgan fingerprint density at radius 2 is 1.50 bits per heavy atom. The zero-order valence-electron chi connectivity index (χ0n) is 11.4. The number of unbranched alkanes of at least 4 members (excludes halogenated alkanes) is 1. The normalized spacial score (nSPS) is 12.0. The lowest BCUT2D eigenvalue weighted by Gasteiger charge is -2.32. The van der Waals surface area contributed by atoms with Gasteiger partial charge in [-0.2, -0.15) is 0 Å². The molecule has 0 aliphatic carbocycles. The maximum atomic E-state index is 6.06. The second-order valence-corrected chi connectivity index (χ2v) is 6.58. The minimum absolute atomic E-state index is 0.833. The zero-order chi connectivity index (χ0) is 12.3. The number of nitrogens with one attached hydrogen (secondary N) is 3. The van der Waals surface area contributed by atoms with Crippen molar-refractivity contribution in [1.29, 1.82) is 0 Å². The Bertz CT molecular complexity index is 152. The van der Waals surface area contributed by atoms with Crippen LogP contribution in [0.4, 0.5) is 0 Å². The van der Waals surface area contributed by atoms with E-state index in [1.54, 1.807) is 0 Å². The third kappa shape index (κ3) is 6.60. The lowest BCUT2D eigenvalue weighted by Crippen LogP contribution is -2.74. The van der Waals surface area contributed by atoms with Crippen LogP contribution in [-0.4, -0.2) is 35.0 Å². The van der Waals surface area contributed by atoms with E-state index in [4.69, 9.17) is 4.43 Å². The van der Waals surface area contributed by atoms with E-state index in [0.29, 0.717) is 0 Å². The fourth-order valence-electron chi connectivity index (χ4n) is 1.51. The van der Waals surface area contributed by atoms with Gasteiger partial charge in [0.2, 0.25) is 0 Å². The Balaban J connectivity index is 4.24. The van der Waals surface area contributed by atoms with E-state index in [2.05, 4.69) is 42.6 Å². The Morgan fingerprint density at radius 1 is 0.875 bits per heavy atom. The number of hydrogen-bond donors (Lipinski definition) is 3. The first-order valence-electron chi connectivity index (χ1n) is 6.63. The Hall–Kier alpha value is 0.0569. The molecule has 0 saturated carbocycles. The van der Waals surface area contributed by atoms with E-state index in [-0.39, 0.29) is 0 Å². The van der Waals surface area contributed by atoms with Crippen molar-refractivity contribution in [1.82, 2.24) is 14.9 Å². The second-order valence-electron chi connectivity index (χ2n) is 3.87. The molecule has 0 aromatic heterocycles. The molecule has 0 heterocycles. The van der Waals surface area contributed by atoms with Crippen LogP contribution >= 0.6 is 0 Å². The van der Waals surface area contributed by atoms with Gasteiger partial charge in [-0.05, 0) is 32.5 Å². The van der Waals surface area contributed by atoms with Gasteiger partial charge in [0.15, 0.2) is 0 Å². The first kappa shape index (κ1) is 16.1. The predicted octanol–water partition coefficient (Wildman–Crippen LogP) is 1.46. The minimum Gasteiger partial charge on any atom is -0.380 e. The molecular weight excluding hydrogens is 218 g/mol. The quantitative estimate of drug-likeness (QED) is 0.382. The zero-order valence-corrected chi connectivity index (χ0v) is 12.4. The van der Waals surface area contributed by atoms with Crippen molar-refractivity contribution in [3.63, 3.8) is 0 Å². The molecule has 98 valence electrons. The SMILES string of the molecule is CCCCO[Si](NCC)(NCC)NCCC. The Kier molecular flexibility index (Phi) is 10.3. The Morgan fingerprint density at radius 3 is 1.94 bits per heavy atom. The van der Waals surface area contributed by atoms with Gasteiger partial charge in [0, 0.05) is 6.61 Å². The topological polar surface area (TPSA) is 45.3 Å². The molecule has 0 unspecified atom stereocenters. The third-order valence-corrected chi connectivity index (χ3v) is 5.38. The van der Waals surface area contributed by atoms with Gasteiger partial charge in [-0.1, -0.05) is 34.1 Å². The lowest BCUT2D eigenvalue weighted by atomic mass is 10.4. The minimum atomic E-state index is -2.10. The summed E-state index contributed by atoms with van der Waals surface area (Å²) in [5.74, 6) is 0. The fourth-order valence-corrected chi connectivity index (χ4v) is 4.24. The van der Waals surface area contributed by atoms with Crippen LogP contribution in [0.25, 0.3) is 0 Å². The first-order valence-corrected chi connectivity index (χ1v) is 8.54. The van der Waals surface area contributed by atoms with Crippen LogP contribution in [0.15, 0.2) is 0 Å². The molecule has 0 saturated heterocycles. The highest BCUT2D eigenvalue weighted by Gasteiger charge is 2.34. The largest absolute Gasteiger partial charge is 0.440 e. The van der Waals surface area contributed by atoms with E-state index in [1.807, 2.05) is 0 Å². The van der Waals surface area contributed by atoms with Gasteiger partial charge in [-0.3, -0.25) is 14.9 Å². The summed E-state index contributed by atoms with van der Waals surface area (Å²) in [5.41, 5.74) is 0. The van der Waals surface area contributed by atoms with E-state index in [9.17, 15) is 0 Å². The summed E-state index contributed by atoms with van der Waals surface area (Å²) in [6.07, 6.45) is 3.43. The molecule has 0 radical (unpaired) electrons. The van der Waals surface area contributed by atoms with Gasteiger partial charge >= 0.3 is 8.80 Å². The molecule has 0 atom stereocenters. The summed E-state index contributed by atoms with van der Waals surface area (Å²) in [6.45, 7) is 12.3. The molecule has 0 fully saturated rings. The molecule has 0 spiro atoms. The summed E-state index contributed by atoms with van der Waals surface area (Å²) in [5, 5.41) is 0. The van der Waals surface area contributed by atoms with Crippen LogP contribution in [0, 0.1) is 0 Å². The van der Waals surface area contributed by atoms with Crippen LogP contribution in [0.2, 0.25) is 0 Å². The van der Waals surface area contributed by atoms with Gasteiger partial charge in [-0.25, -0.2) is 0 Å². The third-order valence-electron chi connectivity index (χ3n) is 2.29. The van der Waals surface area contributed by atoms with Gasteiger partial charge in [0.25, 0.3) is 0 Å². The van der Waals surface area contributed by atoms with Crippen molar-refractivity contribution >= 4 is 8.80 Å². The molecule has 0 aliphatic rings. The molecule has 4 nitrogen and oxygen atoms in total. The molecule has 0 aromatic rings. The smallest absolute Gasteiger partial charge is 0.380 e. The van der Waals surface area contributed by atoms with Gasteiger partial charge in [0.1, 0.15) is 0 Å². The van der Waals surface area contributed by atoms with Crippen LogP contribution in [-0.2, 0) is 4.43 Å². The molecule has 16 heavy (non-hydrogen) atoms. The summed E-state index contributed by atoms with van der Waals surface area (Å²) in [4.78, 5) is 10.5. The van der Waals surface area contributed by atoms with Crippen molar-refractivity contribution in [3.05, 3.63) is 0 Å². The van der Waals surface area contributed by atoms with Crippen molar-refractivity contribution < 1.29 is 4.43 Å². The van der Waals surface area contributed by atoms with Crippen molar-refractivity contribution in [2.45, 2.75) is 47.0 Å². The second kappa shape index (κ2) is 10.2. The fraction of sp³-hybridized carbons (Fsp3) is 1.00. The van der Waals surface area contributed by atoms with Gasteiger partial charge < -0.3 is 4.43 Å². The highest BCUT2D eigenvalue weighted by Crippen LogP contribution is 1.97. The molecule has 5 heteroatoms. The number of hydrogen-bond acceptors (Lipinski definition) is 4. The molecule has 3 N–H and O–H groups in total. The van der Waals surface area contributed by atoms with E-state index in [0.717, 1.165) is 39.1 Å². The van der Waals surface area contributed by atoms with Gasteiger partial charge in [-0.15, -0.1) is 0 Å². The molecule has 0 bridgehead atoms. The lowest BCUT2D eigenvalue weighted by molar-refractivity contribution is 0.262. The standard InChI is InChI=1S/C11H29N3OSi/c1-5-9-11-15-16(12-7-3,13-8-4)14-10-6-2/h12-14H,5-11H2,1-4H3. The molecule has 0 rings (SSSR count). The highest BCUT2D eigenvalue weighted by atomic mass is 28.4. The maximum absolute atomic E-state index is 6.06. The van der Waals surface area contributed by atoms with E-state index in [1.165, 1.54) is 6.42 Å². The average Bonchev–Trinajstić information content (AvgIpc) is 2.27. The van der Waals surface area contributed by atoms with E-state index < -0.39 is 8.80 Å². The summed E-state index contributed by atoms with van der Waals surface area (Å²) < 4.78 is 6.06. The molecule has 0 aliphatic heterocycles. The van der Waals surface area contributed by atoms with Gasteiger partial charge in [0.05, 0.1) is 0 Å². The summed E-state index contributed by atoms with van der Waals surface area (Å²) in [6, 6.07) is 0. The van der Waals surface area contributed by atoms with Crippen molar-refractivity contribution in [2.24, 2.45) is 0 Å². The van der Waals surface area contributed by atoms with Crippen LogP contribution in [0.3, 0.4) is 0 Å². The maximum Gasteiger partial charge on any atom is 0.440 e. The number of rotatable bonds is 11. The van der Waals surface area contributed by atoms with E-state index >= 15 is 0 Å². The van der Waals surface area contributed by atoms with Crippen molar-refractivity contribution in [2.75, 3.05) is 26.2 Å². The first-order chi connectivity index (χ1) is 7.74.